The number of fused-ring (bicyclic) bond motifs is 1. The van der Waals surface area contributed by atoms with Gasteiger partial charge in [-0.05, 0) is 23.3 Å². The van der Waals surface area contributed by atoms with E-state index in [1.54, 1.807) is 0 Å². The standard InChI is InChI=1S/C27H27N3O2S/c31-25(19-24-27(32)28-22-13-7-8-14-23(22)33-24)29-15-17-30(18-16-29)26(20-9-3-1-4-10-20)21-11-5-2-6-12-21/h1-14,24,26H,15-19H2,(H,28,32)/t24-/m0/s1. The molecule has 5 rings (SSSR count). The Morgan fingerprint density at radius 1 is 0.848 bits per heavy atom. The molecule has 0 aromatic heterocycles. The molecule has 2 aliphatic heterocycles. The Labute approximate surface area is 198 Å². The third kappa shape index (κ3) is 4.82. The Morgan fingerprint density at radius 2 is 1.42 bits per heavy atom. The molecule has 0 unspecified atom stereocenters. The molecule has 5 nitrogen and oxygen atoms in total. The monoisotopic (exact) mass is 457 g/mol. The summed E-state index contributed by atoms with van der Waals surface area (Å²) in [6, 6.07) is 29.0. The van der Waals surface area contributed by atoms with Crippen LogP contribution in [0, 0.1) is 0 Å². The molecule has 0 radical (unpaired) electrons. The number of carbonyl (C=O) groups is 2. The van der Waals surface area contributed by atoms with E-state index in [0.717, 1.165) is 23.7 Å². The predicted molar refractivity (Wildman–Crippen MR) is 132 cm³/mol. The zero-order valence-corrected chi connectivity index (χ0v) is 19.2. The maximum absolute atomic E-state index is 13.1. The summed E-state index contributed by atoms with van der Waals surface area (Å²) < 4.78 is 0. The Balaban J connectivity index is 1.24. The molecule has 1 atom stereocenters. The Kier molecular flexibility index (Phi) is 6.46. The fourth-order valence-electron chi connectivity index (χ4n) is 4.63. The molecule has 0 bridgehead atoms. The molecule has 2 amide bonds. The highest BCUT2D eigenvalue weighted by Gasteiger charge is 2.33. The first-order valence-electron chi connectivity index (χ1n) is 11.4. The summed E-state index contributed by atoms with van der Waals surface area (Å²) in [5.74, 6) is -0.0310. The van der Waals surface area contributed by atoms with E-state index in [1.165, 1.54) is 22.9 Å². The van der Waals surface area contributed by atoms with Crippen LogP contribution < -0.4 is 5.32 Å². The molecule has 3 aromatic rings. The summed E-state index contributed by atoms with van der Waals surface area (Å²) in [5, 5.41) is 2.56. The average Bonchev–Trinajstić information content (AvgIpc) is 2.86. The predicted octanol–water partition coefficient (Wildman–Crippen LogP) is 4.42. The van der Waals surface area contributed by atoms with Crippen LogP contribution in [0.3, 0.4) is 0 Å². The minimum Gasteiger partial charge on any atom is -0.340 e. The highest BCUT2D eigenvalue weighted by Crippen LogP contribution is 2.37. The quantitative estimate of drug-likeness (QED) is 0.616. The zero-order chi connectivity index (χ0) is 22.6. The number of anilines is 1. The van der Waals surface area contributed by atoms with Crippen molar-refractivity contribution in [1.82, 2.24) is 9.80 Å². The second-order valence-electron chi connectivity index (χ2n) is 8.44. The SMILES string of the molecule is O=C1Nc2ccccc2S[C@H]1CC(=O)N1CCN(C(c2ccccc2)c2ccccc2)CC1. The van der Waals surface area contributed by atoms with Crippen molar-refractivity contribution in [3.05, 3.63) is 96.1 Å². The highest BCUT2D eigenvalue weighted by atomic mass is 32.2. The average molecular weight is 458 g/mol. The first kappa shape index (κ1) is 21.7. The van der Waals surface area contributed by atoms with Gasteiger partial charge in [0.25, 0.3) is 0 Å². The summed E-state index contributed by atoms with van der Waals surface area (Å²) in [7, 11) is 0. The van der Waals surface area contributed by atoms with Gasteiger partial charge in [0.15, 0.2) is 0 Å². The molecular weight excluding hydrogens is 430 g/mol. The van der Waals surface area contributed by atoms with Crippen molar-refractivity contribution in [2.24, 2.45) is 0 Å². The van der Waals surface area contributed by atoms with Crippen molar-refractivity contribution in [1.29, 1.82) is 0 Å². The van der Waals surface area contributed by atoms with Gasteiger partial charge in [0.1, 0.15) is 0 Å². The molecule has 1 fully saturated rings. The number of benzene rings is 3. The molecule has 2 heterocycles. The molecule has 0 spiro atoms. The molecule has 0 saturated carbocycles. The summed E-state index contributed by atoms with van der Waals surface area (Å²) in [6.07, 6.45) is 0.228. The minimum atomic E-state index is -0.383. The lowest BCUT2D eigenvalue weighted by molar-refractivity contribution is -0.134. The van der Waals surface area contributed by atoms with Gasteiger partial charge in [-0.2, -0.15) is 0 Å². The minimum absolute atomic E-state index is 0.0534. The van der Waals surface area contributed by atoms with Gasteiger partial charge < -0.3 is 10.2 Å². The van der Waals surface area contributed by atoms with Gasteiger partial charge in [-0.3, -0.25) is 14.5 Å². The van der Waals surface area contributed by atoms with Crippen LogP contribution in [0.4, 0.5) is 5.69 Å². The van der Waals surface area contributed by atoms with E-state index in [1.807, 2.05) is 41.3 Å². The van der Waals surface area contributed by atoms with E-state index in [0.29, 0.717) is 13.1 Å². The Hall–Kier alpha value is -3.09. The van der Waals surface area contributed by atoms with E-state index < -0.39 is 0 Å². The number of amides is 2. The van der Waals surface area contributed by atoms with Gasteiger partial charge in [-0.25, -0.2) is 0 Å². The number of piperazine rings is 1. The van der Waals surface area contributed by atoms with Crippen LogP contribution in [0.25, 0.3) is 0 Å². The van der Waals surface area contributed by atoms with E-state index in [9.17, 15) is 9.59 Å². The number of nitrogens with zero attached hydrogens (tertiary/aromatic N) is 2. The molecule has 1 N–H and O–H groups in total. The van der Waals surface area contributed by atoms with Crippen molar-refractivity contribution >= 4 is 29.3 Å². The summed E-state index contributed by atoms with van der Waals surface area (Å²) >= 11 is 1.49. The number of carbonyl (C=O) groups excluding carboxylic acids is 2. The second-order valence-corrected chi connectivity index (χ2v) is 9.68. The third-order valence-corrected chi connectivity index (χ3v) is 7.60. The van der Waals surface area contributed by atoms with Gasteiger partial charge in [-0.1, -0.05) is 72.8 Å². The van der Waals surface area contributed by atoms with Crippen LogP contribution in [0.2, 0.25) is 0 Å². The number of hydrogen-bond acceptors (Lipinski definition) is 4. The van der Waals surface area contributed by atoms with Crippen LogP contribution in [0.1, 0.15) is 23.6 Å². The first-order valence-corrected chi connectivity index (χ1v) is 12.3. The van der Waals surface area contributed by atoms with Gasteiger partial charge >= 0.3 is 0 Å². The van der Waals surface area contributed by atoms with Crippen molar-refractivity contribution < 1.29 is 9.59 Å². The van der Waals surface area contributed by atoms with Crippen molar-refractivity contribution in [2.45, 2.75) is 22.6 Å². The molecule has 168 valence electrons. The maximum atomic E-state index is 13.1. The summed E-state index contributed by atoms with van der Waals surface area (Å²) in [4.78, 5) is 31.0. The van der Waals surface area contributed by atoms with Gasteiger partial charge in [0, 0.05) is 37.5 Å². The number of rotatable bonds is 5. The number of hydrogen-bond donors (Lipinski definition) is 1. The smallest absolute Gasteiger partial charge is 0.238 e. The van der Waals surface area contributed by atoms with Crippen LogP contribution in [0.5, 0.6) is 0 Å². The number of para-hydroxylation sites is 1. The second kappa shape index (κ2) is 9.81. The van der Waals surface area contributed by atoms with Crippen LogP contribution in [-0.4, -0.2) is 53.0 Å². The van der Waals surface area contributed by atoms with E-state index in [2.05, 4.69) is 58.7 Å². The Bertz CT molecular complexity index is 1070. The first-order chi connectivity index (χ1) is 16.2. The van der Waals surface area contributed by atoms with Gasteiger partial charge in [0.2, 0.25) is 11.8 Å². The third-order valence-electron chi connectivity index (χ3n) is 6.33. The molecular formula is C27H27N3O2S. The lowest BCUT2D eigenvalue weighted by atomic mass is 9.96. The fraction of sp³-hybridized carbons (Fsp3) is 0.259. The van der Waals surface area contributed by atoms with Crippen LogP contribution >= 0.6 is 11.8 Å². The molecule has 33 heavy (non-hydrogen) atoms. The lowest BCUT2D eigenvalue weighted by Gasteiger charge is -2.40. The summed E-state index contributed by atoms with van der Waals surface area (Å²) in [5.41, 5.74) is 3.35. The largest absolute Gasteiger partial charge is 0.340 e. The van der Waals surface area contributed by atoms with Crippen molar-refractivity contribution in [3.8, 4) is 0 Å². The lowest BCUT2D eigenvalue weighted by Crippen LogP contribution is -2.50. The van der Waals surface area contributed by atoms with Crippen molar-refractivity contribution in [2.75, 3.05) is 31.5 Å². The number of nitrogens with one attached hydrogen (secondary N) is 1. The molecule has 6 heteroatoms. The van der Waals surface area contributed by atoms with Gasteiger partial charge in [0.05, 0.1) is 17.0 Å². The summed E-state index contributed by atoms with van der Waals surface area (Å²) in [6.45, 7) is 2.94. The fourth-order valence-corrected chi connectivity index (χ4v) is 5.73. The molecule has 2 aliphatic rings. The topological polar surface area (TPSA) is 52.7 Å². The molecule has 3 aromatic carbocycles. The zero-order valence-electron chi connectivity index (χ0n) is 18.4. The molecule has 0 aliphatic carbocycles. The normalized spacial score (nSPS) is 18.6. The van der Waals surface area contributed by atoms with E-state index in [4.69, 9.17) is 0 Å². The van der Waals surface area contributed by atoms with Crippen LogP contribution in [0.15, 0.2) is 89.8 Å². The maximum Gasteiger partial charge on any atom is 0.238 e. The van der Waals surface area contributed by atoms with Crippen LogP contribution in [-0.2, 0) is 9.59 Å². The van der Waals surface area contributed by atoms with E-state index in [-0.39, 0.29) is 29.5 Å². The number of thioether (sulfide) groups is 1. The van der Waals surface area contributed by atoms with Gasteiger partial charge in [-0.15, -0.1) is 11.8 Å². The highest BCUT2D eigenvalue weighted by molar-refractivity contribution is 8.01. The molecule has 1 saturated heterocycles. The van der Waals surface area contributed by atoms with E-state index >= 15 is 0 Å². The van der Waals surface area contributed by atoms with Crippen molar-refractivity contribution in [3.63, 3.8) is 0 Å². The Morgan fingerprint density at radius 3 is 2.06 bits per heavy atom.